The predicted octanol–water partition coefficient (Wildman–Crippen LogP) is 1.07. The lowest BCUT2D eigenvalue weighted by Crippen LogP contribution is -2.30. The van der Waals surface area contributed by atoms with Crippen molar-refractivity contribution in [2.24, 2.45) is 5.41 Å². The molecule has 0 bridgehead atoms. The van der Waals surface area contributed by atoms with E-state index >= 15 is 0 Å². The molecule has 0 aromatic carbocycles. The van der Waals surface area contributed by atoms with Gasteiger partial charge in [-0.25, -0.2) is 4.98 Å². The van der Waals surface area contributed by atoms with Crippen molar-refractivity contribution in [2.75, 3.05) is 6.26 Å². The highest BCUT2D eigenvalue weighted by atomic mass is 32.2. The van der Waals surface area contributed by atoms with Crippen molar-refractivity contribution in [1.29, 1.82) is 0 Å². The van der Waals surface area contributed by atoms with Gasteiger partial charge in [-0.15, -0.1) is 10.2 Å². The van der Waals surface area contributed by atoms with Crippen LogP contribution >= 0.6 is 11.8 Å². The molecule has 1 aliphatic carbocycles. The molecule has 1 aliphatic rings. The van der Waals surface area contributed by atoms with Crippen LogP contribution in [-0.2, 0) is 0 Å². The van der Waals surface area contributed by atoms with Crippen molar-refractivity contribution in [3.8, 4) is 0 Å². The molecule has 0 amide bonds. The zero-order valence-electron chi connectivity index (χ0n) is 10.1. The van der Waals surface area contributed by atoms with Gasteiger partial charge in [0.25, 0.3) is 0 Å². The van der Waals surface area contributed by atoms with Crippen molar-refractivity contribution < 1.29 is 0 Å². The fraction of sp³-hybridized carbons (Fsp3) is 0.417. The van der Waals surface area contributed by atoms with Gasteiger partial charge in [0.1, 0.15) is 5.52 Å². The van der Waals surface area contributed by atoms with Gasteiger partial charge in [-0.2, -0.15) is 0 Å². The Morgan fingerprint density at radius 2 is 2.18 bits per heavy atom. The smallest absolute Gasteiger partial charge is 0.210 e. The lowest BCUT2D eigenvalue weighted by molar-refractivity contribution is 0.534. The van der Waals surface area contributed by atoms with Gasteiger partial charge in [0.15, 0.2) is 5.65 Å². The third kappa shape index (κ3) is 1.74. The standard InChI is InChI=1S/C12H14N4S/c1-12(2)5-4-8-7(6-12)9-10(13-8)14-11(17-3)16-15-9/h4,6H,5H2,1-3H3,(H,13,14,16). The number of hydrogen-bond donors (Lipinski definition) is 1. The minimum absolute atomic E-state index is 0.183. The van der Waals surface area contributed by atoms with E-state index in [-0.39, 0.29) is 5.41 Å². The van der Waals surface area contributed by atoms with Crippen molar-refractivity contribution >= 4 is 35.1 Å². The number of hydrogen-bond acceptors (Lipinski definition) is 4. The lowest BCUT2D eigenvalue weighted by atomic mass is 9.86. The van der Waals surface area contributed by atoms with Crippen LogP contribution in [0.1, 0.15) is 20.3 Å². The van der Waals surface area contributed by atoms with Gasteiger partial charge in [-0.05, 0) is 18.1 Å². The van der Waals surface area contributed by atoms with Crippen LogP contribution in [0.4, 0.5) is 0 Å². The highest BCUT2D eigenvalue weighted by molar-refractivity contribution is 7.98. The van der Waals surface area contributed by atoms with Crippen molar-refractivity contribution in [3.63, 3.8) is 0 Å². The van der Waals surface area contributed by atoms with Gasteiger partial charge in [0, 0.05) is 10.6 Å². The summed E-state index contributed by atoms with van der Waals surface area (Å²) in [5.41, 5.74) is 1.89. The van der Waals surface area contributed by atoms with E-state index < -0.39 is 0 Å². The summed E-state index contributed by atoms with van der Waals surface area (Å²) in [6.07, 6.45) is 7.47. The highest BCUT2D eigenvalue weighted by Gasteiger charge is 2.18. The molecular formula is C12H14N4S. The van der Waals surface area contributed by atoms with Gasteiger partial charge in [-0.3, -0.25) is 0 Å². The second-order valence-corrected chi connectivity index (χ2v) is 5.76. The van der Waals surface area contributed by atoms with E-state index in [0.29, 0.717) is 5.16 Å². The van der Waals surface area contributed by atoms with Gasteiger partial charge < -0.3 is 4.98 Å². The molecule has 1 N–H and O–H groups in total. The molecular weight excluding hydrogens is 232 g/mol. The molecule has 0 fully saturated rings. The summed E-state index contributed by atoms with van der Waals surface area (Å²) in [6.45, 7) is 4.45. The second-order valence-electron chi connectivity index (χ2n) is 4.99. The molecule has 0 atom stereocenters. The molecule has 88 valence electrons. The third-order valence-electron chi connectivity index (χ3n) is 3.02. The van der Waals surface area contributed by atoms with Crippen LogP contribution in [0.3, 0.4) is 0 Å². The Balaban J connectivity index is 2.38. The summed E-state index contributed by atoms with van der Waals surface area (Å²) in [5.74, 6) is 0. The maximum atomic E-state index is 4.44. The number of thioether (sulfide) groups is 1. The predicted molar refractivity (Wildman–Crippen MR) is 70.0 cm³/mol. The van der Waals surface area contributed by atoms with Crippen molar-refractivity contribution in [2.45, 2.75) is 25.4 Å². The van der Waals surface area contributed by atoms with Crippen LogP contribution in [-0.4, -0.2) is 26.4 Å². The summed E-state index contributed by atoms with van der Waals surface area (Å²) in [4.78, 5) is 7.76. The number of nitrogens with one attached hydrogen (secondary N) is 1. The first-order valence-electron chi connectivity index (χ1n) is 5.58. The molecule has 2 aromatic heterocycles. The number of H-pyrrole nitrogens is 1. The molecule has 3 rings (SSSR count). The maximum absolute atomic E-state index is 4.44. The van der Waals surface area contributed by atoms with Crippen LogP contribution in [0.15, 0.2) is 5.16 Å². The zero-order chi connectivity index (χ0) is 12.0. The molecule has 0 unspecified atom stereocenters. The average Bonchev–Trinajstić information content (AvgIpc) is 2.64. The second kappa shape index (κ2) is 3.57. The molecule has 0 saturated heterocycles. The molecule has 0 radical (unpaired) electrons. The van der Waals surface area contributed by atoms with Crippen LogP contribution in [0, 0.1) is 5.41 Å². The Labute approximate surface area is 103 Å². The van der Waals surface area contributed by atoms with Crippen LogP contribution < -0.4 is 10.6 Å². The minimum atomic E-state index is 0.183. The summed E-state index contributed by atoms with van der Waals surface area (Å²) >= 11 is 1.50. The van der Waals surface area contributed by atoms with Crippen LogP contribution in [0.2, 0.25) is 0 Å². The summed E-state index contributed by atoms with van der Waals surface area (Å²) in [6, 6.07) is 0. The van der Waals surface area contributed by atoms with Crippen molar-refractivity contribution in [1.82, 2.24) is 20.2 Å². The molecule has 0 spiro atoms. The van der Waals surface area contributed by atoms with E-state index in [1.54, 1.807) is 0 Å². The Morgan fingerprint density at radius 1 is 1.35 bits per heavy atom. The van der Waals surface area contributed by atoms with Crippen LogP contribution in [0.25, 0.3) is 23.3 Å². The van der Waals surface area contributed by atoms with Gasteiger partial charge >= 0.3 is 0 Å². The van der Waals surface area contributed by atoms with E-state index in [0.717, 1.165) is 28.2 Å². The Bertz CT molecular complexity index is 699. The zero-order valence-corrected chi connectivity index (χ0v) is 10.9. The topological polar surface area (TPSA) is 54.5 Å². The fourth-order valence-electron chi connectivity index (χ4n) is 2.11. The first kappa shape index (κ1) is 10.8. The number of aromatic amines is 1. The molecule has 0 aliphatic heterocycles. The number of rotatable bonds is 1. The molecule has 17 heavy (non-hydrogen) atoms. The van der Waals surface area contributed by atoms with E-state index in [9.17, 15) is 0 Å². The molecule has 4 nitrogen and oxygen atoms in total. The summed E-state index contributed by atoms with van der Waals surface area (Å²) < 4.78 is 0. The molecule has 0 saturated carbocycles. The van der Waals surface area contributed by atoms with E-state index in [1.807, 2.05) is 6.26 Å². The summed E-state index contributed by atoms with van der Waals surface area (Å²) in [7, 11) is 0. The molecule has 5 heteroatoms. The monoisotopic (exact) mass is 246 g/mol. The Kier molecular flexibility index (Phi) is 2.26. The van der Waals surface area contributed by atoms with Crippen molar-refractivity contribution in [3.05, 3.63) is 10.6 Å². The first-order valence-corrected chi connectivity index (χ1v) is 6.81. The average molecular weight is 246 g/mol. The van der Waals surface area contributed by atoms with Gasteiger partial charge in [-0.1, -0.05) is 37.8 Å². The quantitative estimate of drug-likeness (QED) is 0.765. The fourth-order valence-corrected chi connectivity index (χ4v) is 2.42. The summed E-state index contributed by atoms with van der Waals surface area (Å²) in [5, 5.41) is 11.3. The van der Waals surface area contributed by atoms with E-state index in [1.165, 1.54) is 11.8 Å². The third-order valence-corrected chi connectivity index (χ3v) is 3.55. The maximum Gasteiger partial charge on any atom is 0.210 e. The number of aromatic nitrogens is 4. The van der Waals surface area contributed by atoms with Crippen LogP contribution in [0.5, 0.6) is 0 Å². The SMILES string of the molecule is CSc1nnc2c3c([nH]c2n1)=CCC(C)(C)C=3. The first-order chi connectivity index (χ1) is 8.09. The van der Waals surface area contributed by atoms with E-state index in [4.69, 9.17) is 0 Å². The normalized spacial score (nSPS) is 17.4. The largest absolute Gasteiger partial charge is 0.338 e. The number of fused-ring (bicyclic) bond motifs is 3. The van der Waals surface area contributed by atoms with E-state index in [2.05, 4.69) is 46.2 Å². The molecule has 2 heterocycles. The van der Waals surface area contributed by atoms with Gasteiger partial charge in [0.2, 0.25) is 5.16 Å². The number of nitrogens with zero attached hydrogens (tertiary/aromatic N) is 3. The highest BCUT2D eigenvalue weighted by Crippen LogP contribution is 2.24. The Morgan fingerprint density at radius 3 is 2.94 bits per heavy atom. The molecule has 2 aromatic rings. The lowest BCUT2D eigenvalue weighted by Gasteiger charge is -2.19. The van der Waals surface area contributed by atoms with Gasteiger partial charge in [0.05, 0.1) is 0 Å². The Hall–Kier alpha value is -1.36. The minimum Gasteiger partial charge on any atom is -0.338 e.